The number of hydrogen-bond acceptors (Lipinski definition) is 3. The molecule has 1 aromatic rings. The summed E-state index contributed by atoms with van der Waals surface area (Å²) in [6.07, 6.45) is 1.84. The minimum atomic E-state index is 0.316. The highest BCUT2D eigenvalue weighted by Gasteiger charge is 2.18. The van der Waals surface area contributed by atoms with Crippen LogP contribution >= 0.6 is 0 Å². The van der Waals surface area contributed by atoms with Crippen molar-refractivity contribution < 1.29 is 4.74 Å². The molecule has 1 fully saturated rings. The first-order valence-electron chi connectivity index (χ1n) is 4.74. The summed E-state index contributed by atoms with van der Waals surface area (Å²) < 4.78 is 7.41. The van der Waals surface area contributed by atoms with Gasteiger partial charge in [0.25, 0.3) is 0 Å². The average molecular weight is 181 g/mol. The number of ether oxygens (including phenoxy) is 1. The van der Waals surface area contributed by atoms with Crippen LogP contribution in [0.3, 0.4) is 0 Å². The van der Waals surface area contributed by atoms with E-state index in [1.54, 1.807) is 0 Å². The fourth-order valence-electron chi connectivity index (χ4n) is 1.66. The Balaban J connectivity index is 2.13. The zero-order valence-corrected chi connectivity index (χ0v) is 7.86. The van der Waals surface area contributed by atoms with Gasteiger partial charge in [0.15, 0.2) is 0 Å². The van der Waals surface area contributed by atoms with Crippen molar-refractivity contribution >= 4 is 0 Å². The van der Waals surface area contributed by atoms with Gasteiger partial charge in [-0.05, 0) is 13.0 Å². The zero-order valence-electron chi connectivity index (χ0n) is 7.86. The molecule has 1 saturated heterocycles. The van der Waals surface area contributed by atoms with Crippen LogP contribution in [0.25, 0.3) is 0 Å². The van der Waals surface area contributed by atoms with E-state index in [2.05, 4.69) is 23.4 Å². The van der Waals surface area contributed by atoms with Gasteiger partial charge in [0, 0.05) is 19.3 Å². The Morgan fingerprint density at radius 3 is 3.38 bits per heavy atom. The number of morpholine rings is 1. The van der Waals surface area contributed by atoms with Gasteiger partial charge in [0.2, 0.25) is 0 Å². The molecule has 0 aliphatic carbocycles. The Morgan fingerprint density at radius 2 is 2.69 bits per heavy atom. The van der Waals surface area contributed by atoms with Crippen LogP contribution in [0.5, 0.6) is 0 Å². The van der Waals surface area contributed by atoms with Crippen LogP contribution in [0.2, 0.25) is 0 Å². The van der Waals surface area contributed by atoms with Crippen molar-refractivity contribution in [1.82, 2.24) is 15.1 Å². The molecule has 0 radical (unpaired) electrons. The number of rotatable bonds is 2. The summed E-state index contributed by atoms with van der Waals surface area (Å²) in [5, 5.41) is 7.64. The Labute approximate surface area is 77.9 Å². The number of hydrogen-bond donors (Lipinski definition) is 1. The molecule has 13 heavy (non-hydrogen) atoms. The molecule has 4 heteroatoms. The molecule has 0 amide bonds. The van der Waals surface area contributed by atoms with Crippen molar-refractivity contribution in [3.8, 4) is 0 Å². The van der Waals surface area contributed by atoms with Gasteiger partial charge < -0.3 is 10.1 Å². The highest BCUT2D eigenvalue weighted by molar-refractivity contribution is 5.07. The minimum Gasteiger partial charge on any atom is -0.378 e. The lowest BCUT2D eigenvalue weighted by molar-refractivity contribution is 0.0741. The molecule has 0 saturated carbocycles. The normalized spacial score (nSPS) is 23.3. The summed E-state index contributed by atoms with van der Waals surface area (Å²) in [7, 11) is 0. The van der Waals surface area contributed by atoms with Gasteiger partial charge in [0.05, 0.1) is 24.9 Å². The Kier molecular flexibility index (Phi) is 2.61. The topological polar surface area (TPSA) is 39.1 Å². The molecular weight excluding hydrogens is 166 g/mol. The molecule has 0 spiro atoms. The van der Waals surface area contributed by atoms with Crippen LogP contribution in [-0.4, -0.2) is 29.5 Å². The fourth-order valence-corrected chi connectivity index (χ4v) is 1.66. The van der Waals surface area contributed by atoms with Crippen molar-refractivity contribution in [2.45, 2.75) is 19.5 Å². The number of nitrogens with one attached hydrogen (secondary N) is 1. The Hall–Kier alpha value is -0.870. The maximum absolute atomic E-state index is 5.40. The van der Waals surface area contributed by atoms with E-state index in [4.69, 9.17) is 4.74 Å². The lowest BCUT2D eigenvalue weighted by Crippen LogP contribution is -2.35. The molecule has 1 aliphatic heterocycles. The van der Waals surface area contributed by atoms with Gasteiger partial charge in [0.1, 0.15) is 0 Å². The van der Waals surface area contributed by atoms with Crippen LogP contribution in [0.1, 0.15) is 18.7 Å². The smallest absolute Gasteiger partial charge is 0.0730 e. The maximum atomic E-state index is 5.40. The van der Waals surface area contributed by atoms with E-state index in [1.165, 1.54) is 5.69 Å². The monoisotopic (exact) mass is 181 g/mol. The molecule has 1 aliphatic rings. The molecule has 0 aromatic carbocycles. The highest BCUT2D eigenvalue weighted by Crippen LogP contribution is 2.14. The van der Waals surface area contributed by atoms with E-state index in [1.807, 2.05) is 10.9 Å². The maximum Gasteiger partial charge on any atom is 0.0730 e. The van der Waals surface area contributed by atoms with E-state index in [0.29, 0.717) is 6.04 Å². The van der Waals surface area contributed by atoms with Crippen LogP contribution in [0, 0.1) is 0 Å². The largest absolute Gasteiger partial charge is 0.378 e. The second-order valence-corrected chi connectivity index (χ2v) is 3.15. The molecule has 72 valence electrons. The van der Waals surface area contributed by atoms with E-state index in [0.717, 1.165) is 26.3 Å². The Bertz CT molecular complexity index is 266. The lowest BCUT2D eigenvalue weighted by Gasteiger charge is -2.24. The van der Waals surface area contributed by atoms with Gasteiger partial charge in [-0.1, -0.05) is 0 Å². The number of aromatic nitrogens is 2. The van der Waals surface area contributed by atoms with Gasteiger partial charge in [-0.15, -0.1) is 0 Å². The van der Waals surface area contributed by atoms with Crippen LogP contribution in [0.4, 0.5) is 0 Å². The molecule has 2 rings (SSSR count). The van der Waals surface area contributed by atoms with Crippen LogP contribution in [-0.2, 0) is 11.3 Å². The first-order valence-corrected chi connectivity index (χ1v) is 4.74. The van der Waals surface area contributed by atoms with Gasteiger partial charge in [-0.3, -0.25) is 4.68 Å². The highest BCUT2D eigenvalue weighted by atomic mass is 16.5. The summed E-state index contributed by atoms with van der Waals surface area (Å²) in [6, 6.07) is 2.37. The summed E-state index contributed by atoms with van der Waals surface area (Å²) in [5.74, 6) is 0. The summed E-state index contributed by atoms with van der Waals surface area (Å²) >= 11 is 0. The minimum absolute atomic E-state index is 0.316. The molecule has 1 unspecified atom stereocenters. The summed E-state index contributed by atoms with van der Waals surface area (Å²) in [5.41, 5.74) is 1.22. The summed E-state index contributed by atoms with van der Waals surface area (Å²) in [6.45, 7) is 5.52. The van der Waals surface area contributed by atoms with Crippen molar-refractivity contribution in [1.29, 1.82) is 0 Å². The molecule has 1 atom stereocenters. The van der Waals surface area contributed by atoms with Crippen molar-refractivity contribution in [3.05, 3.63) is 18.0 Å². The molecule has 1 N–H and O–H groups in total. The third-order valence-electron chi connectivity index (χ3n) is 2.33. The summed E-state index contributed by atoms with van der Waals surface area (Å²) in [4.78, 5) is 0. The van der Waals surface area contributed by atoms with E-state index in [9.17, 15) is 0 Å². The predicted octanol–water partition coefficient (Wildman–Crippen LogP) is 0.564. The number of nitrogens with zero attached hydrogens (tertiary/aromatic N) is 2. The lowest BCUT2D eigenvalue weighted by atomic mass is 10.2. The van der Waals surface area contributed by atoms with Crippen LogP contribution < -0.4 is 5.32 Å². The zero-order chi connectivity index (χ0) is 9.10. The molecule has 4 nitrogen and oxygen atoms in total. The molecular formula is C9H15N3O. The van der Waals surface area contributed by atoms with E-state index < -0.39 is 0 Å². The van der Waals surface area contributed by atoms with E-state index >= 15 is 0 Å². The second kappa shape index (κ2) is 3.89. The second-order valence-electron chi connectivity index (χ2n) is 3.15. The van der Waals surface area contributed by atoms with Gasteiger partial charge in [-0.2, -0.15) is 5.10 Å². The molecule has 0 bridgehead atoms. The Morgan fingerprint density at radius 1 is 1.77 bits per heavy atom. The number of aryl methyl sites for hydroxylation is 1. The SMILES string of the molecule is CCn1nccc1C1COCCN1. The average Bonchev–Trinajstić information content (AvgIpc) is 2.67. The predicted molar refractivity (Wildman–Crippen MR) is 49.5 cm³/mol. The van der Waals surface area contributed by atoms with Gasteiger partial charge >= 0.3 is 0 Å². The van der Waals surface area contributed by atoms with Crippen molar-refractivity contribution in [2.24, 2.45) is 0 Å². The van der Waals surface area contributed by atoms with Gasteiger partial charge in [-0.25, -0.2) is 0 Å². The first kappa shape index (κ1) is 8.72. The quantitative estimate of drug-likeness (QED) is 0.724. The third kappa shape index (κ3) is 1.73. The third-order valence-corrected chi connectivity index (χ3v) is 2.33. The fraction of sp³-hybridized carbons (Fsp3) is 0.667. The van der Waals surface area contributed by atoms with Crippen LogP contribution in [0.15, 0.2) is 12.3 Å². The first-order chi connectivity index (χ1) is 6.42. The van der Waals surface area contributed by atoms with E-state index in [-0.39, 0.29) is 0 Å². The van der Waals surface area contributed by atoms with Crippen molar-refractivity contribution in [2.75, 3.05) is 19.8 Å². The molecule has 2 heterocycles. The molecule has 1 aromatic heterocycles. The van der Waals surface area contributed by atoms with Crippen molar-refractivity contribution in [3.63, 3.8) is 0 Å². The standard InChI is InChI=1S/C9H15N3O/c1-2-12-9(3-4-11-12)8-7-13-6-5-10-8/h3-4,8,10H,2,5-7H2,1H3.